The maximum absolute atomic E-state index is 13.6. The van der Waals surface area contributed by atoms with Crippen LogP contribution in [0, 0.1) is 15.9 Å². The van der Waals surface area contributed by atoms with Crippen molar-refractivity contribution >= 4 is 33.2 Å². The van der Waals surface area contributed by atoms with Crippen LogP contribution in [-0.2, 0) is 6.61 Å². The highest BCUT2D eigenvalue weighted by Gasteiger charge is 2.13. The standard InChI is InChI=1S/C13H8BrClFNO3/c14-9-5-4-8(6-11(9)17(18)19)7-20-12-3-1-2-10(15)13(12)16/h1-6H,7H2. The van der Waals surface area contributed by atoms with Crippen LogP contribution in [0.25, 0.3) is 0 Å². The number of nitro benzene ring substituents is 1. The Morgan fingerprint density at radius 1 is 1.35 bits per heavy atom. The predicted molar refractivity (Wildman–Crippen MR) is 76.5 cm³/mol. The summed E-state index contributed by atoms with van der Waals surface area (Å²) in [5.41, 5.74) is 0.483. The van der Waals surface area contributed by atoms with Gasteiger partial charge in [0.2, 0.25) is 0 Å². The average Bonchev–Trinajstić information content (AvgIpc) is 2.41. The zero-order valence-electron chi connectivity index (χ0n) is 9.98. The van der Waals surface area contributed by atoms with Gasteiger partial charge >= 0.3 is 0 Å². The van der Waals surface area contributed by atoms with Crippen LogP contribution >= 0.6 is 27.5 Å². The molecule has 0 spiro atoms. The van der Waals surface area contributed by atoms with E-state index in [4.69, 9.17) is 16.3 Å². The van der Waals surface area contributed by atoms with E-state index >= 15 is 0 Å². The van der Waals surface area contributed by atoms with E-state index in [0.29, 0.717) is 10.0 Å². The molecule has 7 heteroatoms. The van der Waals surface area contributed by atoms with Gasteiger partial charge in [-0.25, -0.2) is 4.39 Å². The van der Waals surface area contributed by atoms with E-state index in [2.05, 4.69) is 15.9 Å². The van der Waals surface area contributed by atoms with Gasteiger partial charge in [0.25, 0.3) is 5.69 Å². The number of halogens is 3. The van der Waals surface area contributed by atoms with Crippen molar-refractivity contribution in [3.8, 4) is 5.75 Å². The SMILES string of the molecule is O=[N+]([O-])c1cc(COc2cccc(Cl)c2F)ccc1Br. The smallest absolute Gasteiger partial charge is 0.283 e. The first-order chi connectivity index (χ1) is 9.49. The lowest BCUT2D eigenvalue weighted by Gasteiger charge is -2.08. The zero-order valence-corrected chi connectivity index (χ0v) is 12.3. The van der Waals surface area contributed by atoms with E-state index in [1.807, 2.05) is 0 Å². The van der Waals surface area contributed by atoms with E-state index in [1.54, 1.807) is 18.2 Å². The minimum absolute atomic E-state index is 0.00284. The summed E-state index contributed by atoms with van der Waals surface area (Å²) in [4.78, 5) is 10.3. The number of ether oxygens (including phenoxy) is 1. The second kappa shape index (κ2) is 6.19. The van der Waals surface area contributed by atoms with E-state index in [9.17, 15) is 14.5 Å². The molecule has 104 valence electrons. The Morgan fingerprint density at radius 2 is 2.10 bits per heavy atom. The van der Waals surface area contributed by atoms with Crippen LogP contribution in [0.15, 0.2) is 40.9 Å². The minimum atomic E-state index is -0.652. The highest BCUT2D eigenvalue weighted by atomic mass is 79.9. The molecule has 2 aromatic carbocycles. The van der Waals surface area contributed by atoms with Gasteiger partial charge in [-0.15, -0.1) is 0 Å². The summed E-state index contributed by atoms with van der Waals surface area (Å²) in [5, 5.41) is 10.8. The Hall–Kier alpha value is -1.66. The number of hydrogen-bond acceptors (Lipinski definition) is 3. The van der Waals surface area contributed by atoms with Crippen LogP contribution in [0.1, 0.15) is 5.56 Å². The van der Waals surface area contributed by atoms with Crippen LogP contribution in [0.5, 0.6) is 5.75 Å². The van der Waals surface area contributed by atoms with Crippen molar-refractivity contribution in [2.45, 2.75) is 6.61 Å². The molecule has 4 nitrogen and oxygen atoms in total. The van der Waals surface area contributed by atoms with Crippen LogP contribution in [0.4, 0.5) is 10.1 Å². The minimum Gasteiger partial charge on any atom is -0.486 e. The molecule has 0 aliphatic carbocycles. The fraction of sp³-hybridized carbons (Fsp3) is 0.0769. The Balaban J connectivity index is 2.17. The lowest BCUT2D eigenvalue weighted by molar-refractivity contribution is -0.385. The van der Waals surface area contributed by atoms with Crippen molar-refractivity contribution in [2.24, 2.45) is 0 Å². The maximum Gasteiger partial charge on any atom is 0.283 e. The Kier molecular flexibility index (Phi) is 4.57. The molecule has 0 saturated heterocycles. The molecule has 0 atom stereocenters. The van der Waals surface area contributed by atoms with Gasteiger partial charge in [-0.05, 0) is 39.7 Å². The molecule has 0 N–H and O–H groups in total. The van der Waals surface area contributed by atoms with Gasteiger partial charge in [0, 0.05) is 6.07 Å². The van der Waals surface area contributed by atoms with Crippen molar-refractivity contribution in [3.63, 3.8) is 0 Å². The first kappa shape index (κ1) is 14.7. The van der Waals surface area contributed by atoms with E-state index in [1.165, 1.54) is 18.2 Å². The second-order valence-corrected chi connectivity index (χ2v) is 5.15. The Morgan fingerprint density at radius 3 is 2.80 bits per heavy atom. The number of benzene rings is 2. The van der Waals surface area contributed by atoms with Crippen LogP contribution in [-0.4, -0.2) is 4.92 Å². The van der Waals surface area contributed by atoms with Gasteiger partial charge in [-0.3, -0.25) is 10.1 Å². The molecular weight excluding hydrogens is 353 g/mol. The highest BCUT2D eigenvalue weighted by Crippen LogP contribution is 2.28. The second-order valence-electron chi connectivity index (χ2n) is 3.88. The third-order valence-corrected chi connectivity index (χ3v) is 3.48. The number of nitrogens with zero attached hydrogens (tertiary/aromatic N) is 1. The fourth-order valence-corrected chi connectivity index (χ4v) is 2.10. The van der Waals surface area contributed by atoms with E-state index in [-0.39, 0.29) is 23.1 Å². The lowest BCUT2D eigenvalue weighted by Crippen LogP contribution is -1.99. The summed E-state index contributed by atoms with van der Waals surface area (Å²) in [6.45, 7) is 0.00534. The van der Waals surface area contributed by atoms with Gasteiger partial charge < -0.3 is 4.74 Å². The molecule has 0 aromatic heterocycles. The lowest BCUT2D eigenvalue weighted by atomic mass is 10.2. The van der Waals surface area contributed by atoms with Crippen LogP contribution in [0.2, 0.25) is 5.02 Å². The quantitative estimate of drug-likeness (QED) is 0.585. The van der Waals surface area contributed by atoms with Gasteiger partial charge in [-0.1, -0.05) is 23.7 Å². The van der Waals surface area contributed by atoms with Crippen molar-refractivity contribution in [1.82, 2.24) is 0 Å². The first-order valence-electron chi connectivity index (χ1n) is 5.48. The molecule has 0 bridgehead atoms. The topological polar surface area (TPSA) is 52.4 Å². The van der Waals surface area contributed by atoms with Gasteiger partial charge in [0.1, 0.15) is 6.61 Å². The molecule has 0 aliphatic rings. The Labute approximate surface area is 127 Å². The normalized spacial score (nSPS) is 10.3. The van der Waals surface area contributed by atoms with Crippen molar-refractivity contribution in [3.05, 3.63) is 67.4 Å². The van der Waals surface area contributed by atoms with Crippen LogP contribution in [0.3, 0.4) is 0 Å². The van der Waals surface area contributed by atoms with Crippen molar-refractivity contribution in [2.75, 3.05) is 0 Å². The maximum atomic E-state index is 13.6. The molecule has 2 aromatic rings. The third kappa shape index (κ3) is 3.26. The molecule has 0 fully saturated rings. The molecule has 0 unspecified atom stereocenters. The van der Waals surface area contributed by atoms with Crippen LogP contribution < -0.4 is 4.74 Å². The van der Waals surface area contributed by atoms with Gasteiger partial charge in [0.05, 0.1) is 14.4 Å². The number of rotatable bonds is 4. The number of nitro groups is 1. The summed E-state index contributed by atoms with van der Waals surface area (Å²) >= 11 is 8.72. The summed E-state index contributed by atoms with van der Waals surface area (Å²) in [7, 11) is 0. The highest BCUT2D eigenvalue weighted by molar-refractivity contribution is 9.10. The summed E-state index contributed by atoms with van der Waals surface area (Å²) < 4.78 is 19.3. The molecule has 0 saturated carbocycles. The molecule has 0 radical (unpaired) electrons. The predicted octanol–water partition coefficient (Wildman–Crippen LogP) is 4.73. The third-order valence-electron chi connectivity index (χ3n) is 2.52. The summed E-state index contributed by atoms with van der Waals surface area (Å²) in [6, 6.07) is 8.98. The van der Waals surface area contributed by atoms with Crippen molar-refractivity contribution in [1.29, 1.82) is 0 Å². The fourth-order valence-electron chi connectivity index (χ4n) is 1.54. The zero-order chi connectivity index (χ0) is 14.7. The summed E-state index contributed by atoms with van der Waals surface area (Å²) in [5.74, 6) is -0.649. The molecule has 0 amide bonds. The molecule has 2 rings (SSSR count). The first-order valence-corrected chi connectivity index (χ1v) is 6.66. The number of hydrogen-bond donors (Lipinski definition) is 0. The average molecular weight is 361 g/mol. The van der Waals surface area contributed by atoms with Gasteiger partial charge in [0.15, 0.2) is 11.6 Å². The monoisotopic (exact) mass is 359 g/mol. The van der Waals surface area contributed by atoms with E-state index in [0.717, 1.165) is 0 Å². The largest absolute Gasteiger partial charge is 0.486 e. The van der Waals surface area contributed by atoms with E-state index < -0.39 is 10.7 Å². The Bertz CT molecular complexity index is 666. The molecule has 20 heavy (non-hydrogen) atoms. The van der Waals surface area contributed by atoms with Crippen molar-refractivity contribution < 1.29 is 14.1 Å². The summed E-state index contributed by atoms with van der Waals surface area (Å²) in [6.07, 6.45) is 0. The molecule has 0 aliphatic heterocycles. The molecular formula is C13H8BrClFNO3. The van der Waals surface area contributed by atoms with Gasteiger partial charge in [-0.2, -0.15) is 0 Å². The molecule has 0 heterocycles.